The average molecular weight is 290 g/mol. The fraction of sp³-hybridized carbons (Fsp3) is 0.556. The minimum atomic E-state index is -0.426. The van der Waals surface area contributed by atoms with E-state index in [1.54, 1.807) is 0 Å². The van der Waals surface area contributed by atoms with Crippen LogP contribution in [-0.4, -0.2) is 11.9 Å². The van der Waals surface area contributed by atoms with Crippen molar-refractivity contribution in [3.63, 3.8) is 0 Å². The molecule has 3 nitrogen and oxygen atoms in total. The summed E-state index contributed by atoms with van der Waals surface area (Å²) in [6.07, 6.45) is 5.99. The Morgan fingerprint density at radius 1 is 1.19 bits per heavy atom. The van der Waals surface area contributed by atoms with Crippen molar-refractivity contribution < 1.29 is 14.6 Å². The van der Waals surface area contributed by atoms with Crippen LogP contribution in [0, 0.1) is 5.92 Å². The van der Waals surface area contributed by atoms with E-state index in [1.807, 2.05) is 18.2 Å². The summed E-state index contributed by atoms with van der Waals surface area (Å²) in [6, 6.07) is 5.69. The highest BCUT2D eigenvalue weighted by Crippen LogP contribution is 2.35. The number of rotatable bonds is 7. The quantitative estimate of drug-likeness (QED) is 0.745. The molecule has 0 fully saturated rings. The average Bonchev–Trinajstić information content (AvgIpc) is 2.91. The van der Waals surface area contributed by atoms with E-state index in [1.165, 1.54) is 12.0 Å². The van der Waals surface area contributed by atoms with Gasteiger partial charge in [0.05, 0.1) is 6.10 Å². The van der Waals surface area contributed by atoms with Gasteiger partial charge in [0.2, 0.25) is 6.79 Å². The Bertz CT molecular complexity index is 489. The standard InChI is InChI=1S/C18H26O3/c1-13(2)5-4-6-14(3)7-9-16(19)15-8-10-17-18(11-15)21-12-20-17/h5,8,10-11,14,16,19H,4,6-7,9,12H2,1-3H3. The van der Waals surface area contributed by atoms with Gasteiger partial charge in [-0.15, -0.1) is 0 Å². The zero-order valence-corrected chi connectivity index (χ0v) is 13.3. The van der Waals surface area contributed by atoms with Crippen LogP contribution < -0.4 is 9.47 Å². The van der Waals surface area contributed by atoms with Crippen LogP contribution in [0.2, 0.25) is 0 Å². The molecule has 3 heteroatoms. The molecule has 0 bridgehead atoms. The summed E-state index contributed by atoms with van der Waals surface area (Å²) >= 11 is 0. The number of ether oxygens (including phenoxy) is 2. The lowest BCUT2D eigenvalue weighted by molar-refractivity contribution is 0.156. The van der Waals surface area contributed by atoms with Crippen molar-refractivity contribution in [3.05, 3.63) is 35.4 Å². The predicted molar refractivity (Wildman–Crippen MR) is 84.6 cm³/mol. The van der Waals surface area contributed by atoms with Crippen molar-refractivity contribution in [3.8, 4) is 11.5 Å². The van der Waals surface area contributed by atoms with Gasteiger partial charge in [0, 0.05) is 0 Å². The molecule has 2 unspecified atom stereocenters. The van der Waals surface area contributed by atoms with E-state index in [9.17, 15) is 5.11 Å². The number of benzene rings is 1. The van der Waals surface area contributed by atoms with Crippen molar-refractivity contribution in [2.75, 3.05) is 6.79 Å². The topological polar surface area (TPSA) is 38.7 Å². The van der Waals surface area contributed by atoms with Crippen molar-refractivity contribution in [1.82, 2.24) is 0 Å². The first kappa shape index (κ1) is 15.9. The fourth-order valence-electron chi connectivity index (χ4n) is 2.53. The van der Waals surface area contributed by atoms with Crippen LogP contribution in [-0.2, 0) is 0 Å². The maximum Gasteiger partial charge on any atom is 0.231 e. The number of fused-ring (bicyclic) bond motifs is 1. The summed E-state index contributed by atoms with van der Waals surface area (Å²) in [5.41, 5.74) is 2.29. The van der Waals surface area contributed by atoms with Gasteiger partial charge in [-0.05, 0) is 63.1 Å². The molecule has 116 valence electrons. The second kappa shape index (κ2) is 7.51. The van der Waals surface area contributed by atoms with Crippen LogP contribution in [0.5, 0.6) is 11.5 Å². The number of allylic oxidation sites excluding steroid dienone is 2. The Morgan fingerprint density at radius 3 is 2.71 bits per heavy atom. The smallest absolute Gasteiger partial charge is 0.231 e. The van der Waals surface area contributed by atoms with Crippen molar-refractivity contribution in [1.29, 1.82) is 0 Å². The van der Waals surface area contributed by atoms with E-state index in [2.05, 4.69) is 26.8 Å². The molecule has 1 aromatic rings. The Morgan fingerprint density at radius 2 is 1.95 bits per heavy atom. The number of aliphatic hydroxyl groups is 1. The summed E-state index contributed by atoms with van der Waals surface area (Å²) < 4.78 is 10.6. The Kier molecular flexibility index (Phi) is 5.68. The van der Waals surface area contributed by atoms with Crippen LogP contribution in [0.4, 0.5) is 0 Å². The third-order valence-corrected chi connectivity index (χ3v) is 3.93. The van der Waals surface area contributed by atoms with E-state index < -0.39 is 6.10 Å². The number of hydrogen-bond donors (Lipinski definition) is 1. The van der Waals surface area contributed by atoms with Crippen LogP contribution in [0.15, 0.2) is 29.8 Å². The SMILES string of the molecule is CC(C)=CCCC(C)CCC(O)c1ccc2c(c1)OCO2. The maximum atomic E-state index is 10.3. The molecule has 0 aliphatic carbocycles. The first-order valence-electron chi connectivity index (χ1n) is 7.77. The zero-order chi connectivity index (χ0) is 15.2. The van der Waals surface area contributed by atoms with Gasteiger partial charge in [0.1, 0.15) is 0 Å². The van der Waals surface area contributed by atoms with E-state index >= 15 is 0 Å². The van der Waals surface area contributed by atoms with Gasteiger partial charge in [0.15, 0.2) is 11.5 Å². The van der Waals surface area contributed by atoms with Gasteiger partial charge in [-0.25, -0.2) is 0 Å². The lowest BCUT2D eigenvalue weighted by Gasteiger charge is -2.15. The largest absolute Gasteiger partial charge is 0.454 e. The summed E-state index contributed by atoms with van der Waals surface area (Å²) in [4.78, 5) is 0. The molecule has 0 amide bonds. The molecule has 0 aromatic heterocycles. The highest BCUT2D eigenvalue weighted by molar-refractivity contribution is 5.45. The molecule has 1 N–H and O–H groups in total. The number of hydrogen-bond acceptors (Lipinski definition) is 3. The molecule has 1 aromatic carbocycles. The molecule has 0 saturated heterocycles. The summed E-state index contributed by atoms with van der Waals surface area (Å²) in [6.45, 7) is 6.80. The molecule has 0 saturated carbocycles. The van der Waals surface area contributed by atoms with Gasteiger partial charge >= 0.3 is 0 Å². The van der Waals surface area contributed by atoms with Gasteiger partial charge < -0.3 is 14.6 Å². The fourth-order valence-corrected chi connectivity index (χ4v) is 2.53. The lowest BCUT2D eigenvalue weighted by Crippen LogP contribution is -2.02. The van der Waals surface area contributed by atoms with Gasteiger partial charge in [0.25, 0.3) is 0 Å². The molecule has 2 atom stereocenters. The van der Waals surface area contributed by atoms with Crippen LogP contribution >= 0.6 is 0 Å². The minimum absolute atomic E-state index is 0.274. The molecule has 0 radical (unpaired) electrons. The number of aliphatic hydroxyl groups excluding tert-OH is 1. The molecule has 0 spiro atoms. The molecule has 1 aliphatic rings. The zero-order valence-electron chi connectivity index (χ0n) is 13.3. The van der Waals surface area contributed by atoms with Crippen LogP contribution in [0.3, 0.4) is 0 Å². The molecular formula is C18H26O3. The minimum Gasteiger partial charge on any atom is -0.454 e. The summed E-state index contributed by atoms with van der Waals surface area (Å²) in [7, 11) is 0. The molecule has 21 heavy (non-hydrogen) atoms. The normalized spacial score (nSPS) is 15.6. The first-order valence-corrected chi connectivity index (χ1v) is 7.77. The second-order valence-electron chi connectivity index (χ2n) is 6.17. The third-order valence-electron chi connectivity index (χ3n) is 3.93. The molecule has 1 heterocycles. The van der Waals surface area contributed by atoms with Crippen LogP contribution in [0.1, 0.15) is 58.1 Å². The van der Waals surface area contributed by atoms with E-state index in [-0.39, 0.29) is 6.79 Å². The first-order chi connectivity index (χ1) is 10.1. The van der Waals surface area contributed by atoms with Gasteiger partial charge in [-0.3, -0.25) is 0 Å². The summed E-state index contributed by atoms with van der Waals surface area (Å²) in [5, 5.41) is 10.3. The maximum absolute atomic E-state index is 10.3. The monoisotopic (exact) mass is 290 g/mol. The third kappa shape index (κ3) is 4.78. The molecular weight excluding hydrogens is 264 g/mol. The summed E-state index contributed by atoms with van der Waals surface area (Å²) in [5.74, 6) is 2.13. The predicted octanol–water partition coefficient (Wildman–Crippen LogP) is 4.61. The van der Waals surface area contributed by atoms with E-state index in [0.717, 1.165) is 36.3 Å². The van der Waals surface area contributed by atoms with Gasteiger partial charge in [-0.2, -0.15) is 0 Å². The highest BCUT2D eigenvalue weighted by Gasteiger charge is 2.17. The Labute approximate surface area is 127 Å². The van der Waals surface area contributed by atoms with Gasteiger partial charge in [-0.1, -0.05) is 24.6 Å². The van der Waals surface area contributed by atoms with E-state index in [4.69, 9.17) is 9.47 Å². The second-order valence-corrected chi connectivity index (χ2v) is 6.17. The van der Waals surface area contributed by atoms with Crippen molar-refractivity contribution in [2.45, 2.75) is 52.6 Å². The highest BCUT2D eigenvalue weighted by atomic mass is 16.7. The lowest BCUT2D eigenvalue weighted by atomic mass is 9.95. The van der Waals surface area contributed by atoms with Crippen LogP contribution in [0.25, 0.3) is 0 Å². The molecule has 2 rings (SSSR count). The van der Waals surface area contributed by atoms with Crippen molar-refractivity contribution >= 4 is 0 Å². The Balaban J connectivity index is 1.79. The van der Waals surface area contributed by atoms with Crippen molar-refractivity contribution in [2.24, 2.45) is 5.92 Å². The molecule has 1 aliphatic heterocycles. The van der Waals surface area contributed by atoms with E-state index in [0.29, 0.717) is 5.92 Å². The Hall–Kier alpha value is -1.48.